The molecule has 0 amide bonds. The number of aliphatic carboxylic acids is 1. The maximum atomic E-state index is 11.2. The number of carboxylic acid groups (broad SMARTS) is 1. The molecule has 1 aliphatic heterocycles. The lowest BCUT2D eigenvalue weighted by atomic mass is 9.90. The molecular formula is C14H19NO2. The zero-order valence-corrected chi connectivity index (χ0v) is 10.7. The normalized spacial score (nSPS) is 24.1. The number of aryl methyl sites for hydroxylation is 2. The molecule has 0 aliphatic carbocycles. The average Bonchev–Trinajstić information content (AvgIpc) is 2.61. The second kappa shape index (κ2) is 4.06. The van der Waals surface area contributed by atoms with E-state index >= 15 is 0 Å². The van der Waals surface area contributed by atoms with Crippen LogP contribution in [0, 0.1) is 19.3 Å². The molecule has 1 atom stereocenters. The number of nitrogens with zero attached hydrogens (tertiary/aromatic N) is 1. The Morgan fingerprint density at radius 3 is 2.35 bits per heavy atom. The van der Waals surface area contributed by atoms with Crippen molar-refractivity contribution in [2.24, 2.45) is 5.41 Å². The fourth-order valence-electron chi connectivity index (χ4n) is 2.49. The molecule has 17 heavy (non-hydrogen) atoms. The Kier molecular flexibility index (Phi) is 2.86. The fourth-order valence-corrected chi connectivity index (χ4v) is 2.49. The van der Waals surface area contributed by atoms with Gasteiger partial charge in [0.2, 0.25) is 0 Å². The molecule has 1 heterocycles. The van der Waals surface area contributed by atoms with Gasteiger partial charge in [0.25, 0.3) is 0 Å². The second-order valence-corrected chi connectivity index (χ2v) is 5.38. The molecule has 1 aromatic rings. The highest BCUT2D eigenvalue weighted by molar-refractivity contribution is 5.76. The smallest absolute Gasteiger partial charge is 0.311 e. The van der Waals surface area contributed by atoms with Gasteiger partial charge in [-0.25, -0.2) is 0 Å². The summed E-state index contributed by atoms with van der Waals surface area (Å²) < 4.78 is 0. The van der Waals surface area contributed by atoms with Crippen molar-refractivity contribution in [1.82, 2.24) is 0 Å². The lowest BCUT2D eigenvalue weighted by Crippen LogP contribution is -2.31. The molecule has 1 fully saturated rings. The summed E-state index contributed by atoms with van der Waals surface area (Å²) in [6.45, 7) is 7.40. The molecule has 0 aromatic heterocycles. The van der Waals surface area contributed by atoms with Gasteiger partial charge in [-0.2, -0.15) is 0 Å². The summed E-state index contributed by atoms with van der Waals surface area (Å²) in [6, 6.07) is 6.39. The van der Waals surface area contributed by atoms with Crippen molar-refractivity contribution in [1.29, 1.82) is 0 Å². The number of rotatable bonds is 2. The first-order chi connectivity index (χ1) is 7.90. The van der Waals surface area contributed by atoms with Crippen molar-refractivity contribution >= 4 is 11.7 Å². The van der Waals surface area contributed by atoms with Crippen molar-refractivity contribution in [3.63, 3.8) is 0 Å². The van der Waals surface area contributed by atoms with Gasteiger partial charge in [0.1, 0.15) is 0 Å². The van der Waals surface area contributed by atoms with Crippen LogP contribution in [0.2, 0.25) is 0 Å². The Morgan fingerprint density at radius 1 is 1.29 bits per heavy atom. The predicted molar refractivity (Wildman–Crippen MR) is 68.5 cm³/mol. The molecule has 3 nitrogen and oxygen atoms in total. The number of benzene rings is 1. The van der Waals surface area contributed by atoms with Crippen molar-refractivity contribution in [2.45, 2.75) is 27.2 Å². The summed E-state index contributed by atoms with van der Waals surface area (Å²) >= 11 is 0. The molecule has 1 aromatic carbocycles. The van der Waals surface area contributed by atoms with Crippen LogP contribution in [-0.2, 0) is 4.79 Å². The zero-order chi connectivity index (χ0) is 12.6. The first kappa shape index (κ1) is 12.0. The van der Waals surface area contributed by atoms with Crippen LogP contribution in [0.25, 0.3) is 0 Å². The molecule has 2 rings (SSSR count). The van der Waals surface area contributed by atoms with E-state index in [2.05, 4.69) is 36.9 Å². The minimum Gasteiger partial charge on any atom is -0.481 e. The first-order valence-electron chi connectivity index (χ1n) is 5.97. The van der Waals surface area contributed by atoms with E-state index in [9.17, 15) is 9.90 Å². The van der Waals surface area contributed by atoms with Gasteiger partial charge in [0.05, 0.1) is 5.41 Å². The third kappa shape index (κ3) is 2.28. The highest BCUT2D eigenvalue weighted by Gasteiger charge is 2.40. The number of hydrogen-bond acceptors (Lipinski definition) is 2. The van der Waals surface area contributed by atoms with E-state index in [4.69, 9.17) is 0 Å². The molecule has 0 bridgehead atoms. The molecule has 92 valence electrons. The molecular weight excluding hydrogens is 214 g/mol. The minimum absolute atomic E-state index is 0.600. The van der Waals surface area contributed by atoms with E-state index in [1.807, 2.05) is 6.92 Å². The van der Waals surface area contributed by atoms with Crippen LogP contribution in [0.4, 0.5) is 5.69 Å². The summed E-state index contributed by atoms with van der Waals surface area (Å²) in [7, 11) is 0. The monoisotopic (exact) mass is 233 g/mol. The molecule has 1 saturated heterocycles. The molecule has 1 N–H and O–H groups in total. The Bertz CT molecular complexity index is 435. The highest BCUT2D eigenvalue weighted by atomic mass is 16.4. The molecule has 1 unspecified atom stereocenters. The Balaban J connectivity index is 2.23. The number of carboxylic acids is 1. The number of hydrogen-bond donors (Lipinski definition) is 1. The summed E-state index contributed by atoms with van der Waals surface area (Å²) in [5.74, 6) is -0.690. The third-order valence-corrected chi connectivity index (χ3v) is 3.56. The predicted octanol–water partition coefficient (Wildman–Crippen LogP) is 2.60. The van der Waals surface area contributed by atoms with Crippen molar-refractivity contribution < 1.29 is 9.90 Å². The van der Waals surface area contributed by atoms with Gasteiger partial charge >= 0.3 is 5.97 Å². The van der Waals surface area contributed by atoms with Gasteiger partial charge in [-0.1, -0.05) is 6.07 Å². The van der Waals surface area contributed by atoms with Crippen molar-refractivity contribution in [3.05, 3.63) is 29.3 Å². The van der Waals surface area contributed by atoms with Gasteiger partial charge in [-0.3, -0.25) is 4.79 Å². The summed E-state index contributed by atoms with van der Waals surface area (Å²) in [4.78, 5) is 13.4. The maximum absolute atomic E-state index is 11.2. The third-order valence-electron chi connectivity index (χ3n) is 3.56. The van der Waals surface area contributed by atoms with Gasteiger partial charge in [-0.15, -0.1) is 0 Å². The van der Waals surface area contributed by atoms with Gasteiger partial charge < -0.3 is 10.0 Å². The van der Waals surface area contributed by atoms with E-state index in [0.717, 1.165) is 18.7 Å². The second-order valence-electron chi connectivity index (χ2n) is 5.38. The van der Waals surface area contributed by atoms with Crippen LogP contribution >= 0.6 is 0 Å². The van der Waals surface area contributed by atoms with Crippen molar-refractivity contribution in [2.75, 3.05) is 18.0 Å². The largest absolute Gasteiger partial charge is 0.481 e. The van der Waals surface area contributed by atoms with E-state index < -0.39 is 11.4 Å². The summed E-state index contributed by atoms with van der Waals surface area (Å²) in [6.07, 6.45) is 0.718. The van der Waals surface area contributed by atoms with Gasteiger partial charge in [0, 0.05) is 18.8 Å². The standard InChI is InChI=1S/C14H19NO2/c1-10-6-11(2)8-12(7-10)15-5-4-14(3,9-15)13(16)17/h6-8H,4-5,9H2,1-3H3,(H,16,17). The Labute approximate surface area is 102 Å². The van der Waals surface area contributed by atoms with Crippen LogP contribution in [0.15, 0.2) is 18.2 Å². The minimum atomic E-state index is -0.690. The van der Waals surface area contributed by atoms with E-state index in [-0.39, 0.29) is 0 Å². The first-order valence-corrected chi connectivity index (χ1v) is 5.97. The van der Waals surface area contributed by atoms with Gasteiger partial charge in [-0.05, 0) is 50.5 Å². The molecule has 1 aliphatic rings. The molecule has 0 radical (unpaired) electrons. The van der Waals surface area contributed by atoms with E-state index in [1.165, 1.54) is 11.1 Å². The summed E-state index contributed by atoms with van der Waals surface area (Å²) in [5.41, 5.74) is 3.00. The Hall–Kier alpha value is -1.51. The number of carbonyl (C=O) groups is 1. The zero-order valence-electron chi connectivity index (χ0n) is 10.7. The maximum Gasteiger partial charge on any atom is 0.311 e. The molecule has 0 spiro atoms. The SMILES string of the molecule is Cc1cc(C)cc(N2CCC(C)(C(=O)O)C2)c1. The topological polar surface area (TPSA) is 40.5 Å². The molecule has 3 heteroatoms. The van der Waals surface area contributed by atoms with Crippen LogP contribution in [-0.4, -0.2) is 24.2 Å². The van der Waals surface area contributed by atoms with Crippen LogP contribution < -0.4 is 4.90 Å². The average molecular weight is 233 g/mol. The lowest BCUT2D eigenvalue weighted by molar-refractivity contribution is -0.146. The van der Waals surface area contributed by atoms with Crippen LogP contribution in [0.1, 0.15) is 24.5 Å². The summed E-state index contributed by atoms with van der Waals surface area (Å²) in [5, 5.41) is 9.22. The quantitative estimate of drug-likeness (QED) is 0.853. The number of anilines is 1. The molecule has 0 saturated carbocycles. The fraction of sp³-hybridized carbons (Fsp3) is 0.500. The van der Waals surface area contributed by atoms with Gasteiger partial charge in [0.15, 0.2) is 0 Å². The highest BCUT2D eigenvalue weighted by Crippen LogP contribution is 2.34. The lowest BCUT2D eigenvalue weighted by Gasteiger charge is -2.22. The van der Waals surface area contributed by atoms with E-state index in [0.29, 0.717) is 6.54 Å². The Morgan fingerprint density at radius 2 is 1.88 bits per heavy atom. The van der Waals surface area contributed by atoms with E-state index in [1.54, 1.807) is 0 Å². The van der Waals surface area contributed by atoms with Crippen LogP contribution in [0.3, 0.4) is 0 Å². The van der Waals surface area contributed by atoms with Crippen molar-refractivity contribution in [3.8, 4) is 0 Å². The van der Waals surface area contributed by atoms with Crippen LogP contribution in [0.5, 0.6) is 0 Å².